The monoisotopic (exact) mass is 333 g/mol. The van der Waals surface area contributed by atoms with E-state index in [1.54, 1.807) is 24.3 Å². The van der Waals surface area contributed by atoms with Gasteiger partial charge in [-0.05, 0) is 30.3 Å². The molecule has 1 aromatic carbocycles. The number of halogens is 1. The highest BCUT2D eigenvalue weighted by molar-refractivity contribution is 6.30. The summed E-state index contributed by atoms with van der Waals surface area (Å²) in [5, 5.41) is 5.73. The molecule has 2 aromatic rings. The third-order valence-corrected chi connectivity index (χ3v) is 3.33. The van der Waals surface area contributed by atoms with Gasteiger partial charge in [-0.3, -0.25) is 14.6 Å². The largest absolute Gasteiger partial charge is 0.496 e. The minimum absolute atomic E-state index is 0.0986. The fraction of sp³-hybridized carbons (Fsp3) is 0.188. The third-order valence-electron chi connectivity index (χ3n) is 3.10. The van der Waals surface area contributed by atoms with Crippen molar-refractivity contribution >= 4 is 29.1 Å². The average Bonchev–Trinajstić information content (AvgIpc) is 2.54. The van der Waals surface area contributed by atoms with Crippen LogP contribution in [0.3, 0.4) is 0 Å². The highest BCUT2D eigenvalue weighted by Gasteiger charge is 2.11. The smallest absolute Gasteiger partial charge is 0.269 e. The maximum atomic E-state index is 12.2. The van der Waals surface area contributed by atoms with E-state index in [2.05, 4.69) is 15.6 Å². The molecule has 7 heteroatoms. The van der Waals surface area contributed by atoms with E-state index in [0.717, 1.165) is 0 Å². The first-order valence-electron chi connectivity index (χ1n) is 6.84. The van der Waals surface area contributed by atoms with Gasteiger partial charge in [-0.2, -0.15) is 0 Å². The van der Waals surface area contributed by atoms with Crippen LogP contribution >= 0.6 is 11.6 Å². The van der Waals surface area contributed by atoms with Gasteiger partial charge in [0.15, 0.2) is 0 Å². The van der Waals surface area contributed by atoms with Crippen LogP contribution in [0.2, 0.25) is 5.02 Å². The van der Waals surface area contributed by atoms with Crippen LogP contribution in [0.25, 0.3) is 0 Å². The highest BCUT2D eigenvalue weighted by atomic mass is 35.5. The first-order valence-corrected chi connectivity index (χ1v) is 7.21. The molecule has 0 atom stereocenters. The van der Waals surface area contributed by atoms with Gasteiger partial charge in [0.2, 0.25) is 5.91 Å². The SMILES string of the molecule is CNC(=O)c1cc(NC(=O)Cc2cc(Cl)ccc2OC)ccn1. The zero-order valence-corrected chi connectivity index (χ0v) is 13.5. The quantitative estimate of drug-likeness (QED) is 0.879. The van der Waals surface area contributed by atoms with Crippen molar-refractivity contribution in [1.29, 1.82) is 0 Å². The van der Waals surface area contributed by atoms with Crippen LogP contribution in [0, 0.1) is 0 Å². The summed E-state index contributed by atoms with van der Waals surface area (Å²) in [5.41, 5.74) is 1.40. The normalized spacial score (nSPS) is 10.0. The Bertz CT molecular complexity index is 734. The summed E-state index contributed by atoms with van der Waals surface area (Å²) in [6, 6.07) is 8.20. The minimum atomic E-state index is -0.322. The number of rotatable bonds is 5. The van der Waals surface area contributed by atoms with E-state index in [9.17, 15) is 9.59 Å². The number of aromatic nitrogens is 1. The van der Waals surface area contributed by atoms with Gasteiger partial charge in [0.05, 0.1) is 13.5 Å². The molecule has 0 bridgehead atoms. The molecule has 0 aliphatic carbocycles. The molecule has 0 saturated heterocycles. The molecule has 2 rings (SSSR count). The van der Waals surface area contributed by atoms with Crippen LogP contribution in [-0.2, 0) is 11.2 Å². The van der Waals surface area contributed by atoms with Crippen LogP contribution in [0.1, 0.15) is 16.1 Å². The number of nitrogens with one attached hydrogen (secondary N) is 2. The van der Waals surface area contributed by atoms with E-state index in [4.69, 9.17) is 16.3 Å². The predicted octanol–water partition coefficient (Wildman–Crippen LogP) is 2.28. The van der Waals surface area contributed by atoms with Crippen molar-refractivity contribution in [3.8, 4) is 5.75 Å². The lowest BCUT2D eigenvalue weighted by molar-refractivity contribution is -0.115. The van der Waals surface area contributed by atoms with E-state index < -0.39 is 0 Å². The first-order chi connectivity index (χ1) is 11.0. The van der Waals surface area contributed by atoms with Crippen LogP contribution in [0.5, 0.6) is 5.75 Å². The van der Waals surface area contributed by atoms with E-state index in [1.165, 1.54) is 26.4 Å². The molecule has 0 unspecified atom stereocenters. The molecule has 0 fully saturated rings. The predicted molar refractivity (Wildman–Crippen MR) is 88.0 cm³/mol. The van der Waals surface area contributed by atoms with Crippen molar-refractivity contribution in [2.45, 2.75) is 6.42 Å². The number of benzene rings is 1. The number of pyridine rings is 1. The Hall–Kier alpha value is -2.60. The molecule has 6 nitrogen and oxygen atoms in total. The van der Waals surface area contributed by atoms with Gasteiger partial charge in [-0.25, -0.2) is 0 Å². The van der Waals surface area contributed by atoms with Gasteiger partial charge in [-0.1, -0.05) is 11.6 Å². The second-order valence-electron chi connectivity index (χ2n) is 4.69. The maximum absolute atomic E-state index is 12.2. The molecule has 0 saturated carbocycles. The zero-order chi connectivity index (χ0) is 16.8. The Labute approximate surface area is 138 Å². The Kier molecular flexibility index (Phi) is 5.54. The van der Waals surface area contributed by atoms with Crippen LogP contribution < -0.4 is 15.4 Å². The van der Waals surface area contributed by atoms with Gasteiger partial charge in [0.1, 0.15) is 11.4 Å². The molecule has 1 aromatic heterocycles. The average molecular weight is 334 g/mol. The molecular formula is C16H16ClN3O3. The molecule has 23 heavy (non-hydrogen) atoms. The number of ether oxygens (including phenoxy) is 1. The zero-order valence-electron chi connectivity index (χ0n) is 12.7. The van der Waals surface area contributed by atoms with E-state index >= 15 is 0 Å². The number of hydrogen-bond donors (Lipinski definition) is 2. The second kappa shape index (κ2) is 7.60. The molecule has 120 valence electrons. The number of carbonyl (C=O) groups is 2. The molecule has 0 radical (unpaired) electrons. The van der Waals surface area contributed by atoms with Gasteiger partial charge in [0, 0.05) is 29.5 Å². The van der Waals surface area contributed by atoms with Gasteiger partial charge in [0.25, 0.3) is 5.91 Å². The Morgan fingerprint density at radius 2 is 2.04 bits per heavy atom. The van der Waals surface area contributed by atoms with E-state index in [-0.39, 0.29) is 23.9 Å². The van der Waals surface area contributed by atoms with Crippen LogP contribution in [-0.4, -0.2) is 31.0 Å². The summed E-state index contributed by atoms with van der Waals surface area (Å²) in [6.45, 7) is 0. The molecule has 0 aliphatic heterocycles. The summed E-state index contributed by atoms with van der Waals surface area (Å²) < 4.78 is 5.21. The molecule has 2 N–H and O–H groups in total. The van der Waals surface area contributed by atoms with Gasteiger partial charge in [-0.15, -0.1) is 0 Å². The second-order valence-corrected chi connectivity index (χ2v) is 5.13. The van der Waals surface area contributed by atoms with Crippen molar-refractivity contribution in [3.05, 3.63) is 52.8 Å². The number of carbonyl (C=O) groups excluding carboxylic acids is 2. The van der Waals surface area contributed by atoms with Crippen LogP contribution in [0.4, 0.5) is 5.69 Å². The van der Waals surface area contributed by atoms with E-state index in [0.29, 0.717) is 22.0 Å². The van der Waals surface area contributed by atoms with E-state index in [1.807, 2.05) is 0 Å². The Morgan fingerprint density at radius 3 is 2.74 bits per heavy atom. The molecular weight excluding hydrogens is 318 g/mol. The lowest BCUT2D eigenvalue weighted by atomic mass is 10.1. The Balaban J connectivity index is 2.11. The highest BCUT2D eigenvalue weighted by Crippen LogP contribution is 2.23. The summed E-state index contributed by atoms with van der Waals surface area (Å²) in [5.74, 6) is 0.0163. The number of hydrogen-bond acceptors (Lipinski definition) is 4. The molecule has 2 amide bonds. The lowest BCUT2D eigenvalue weighted by Crippen LogP contribution is -2.20. The standard InChI is InChI=1S/C16H16ClN3O3/c1-18-16(22)13-9-12(5-6-19-13)20-15(21)8-10-7-11(17)3-4-14(10)23-2/h3-7,9H,8H2,1-2H3,(H,18,22)(H,19,20,21). The summed E-state index contributed by atoms with van der Waals surface area (Å²) >= 11 is 5.95. The lowest BCUT2D eigenvalue weighted by Gasteiger charge is -2.10. The summed E-state index contributed by atoms with van der Waals surface area (Å²) in [6.07, 6.45) is 1.56. The number of anilines is 1. The Morgan fingerprint density at radius 1 is 1.26 bits per heavy atom. The fourth-order valence-electron chi connectivity index (χ4n) is 2.02. The number of nitrogens with zero attached hydrogens (tertiary/aromatic N) is 1. The molecule has 0 spiro atoms. The number of amides is 2. The van der Waals surface area contributed by atoms with Crippen molar-refractivity contribution in [3.63, 3.8) is 0 Å². The topological polar surface area (TPSA) is 80.3 Å². The molecule has 1 heterocycles. The van der Waals surface area contributed by atoms with Crippen molar-refractivity contribution in [1.82, 2.24) is 10.3 Å². The van der Waals surface area contributed by atoms with Crippen molar-refractivity contribution < 1.29 is 14.3 Å². The summed E-state index contributed by atoms with van der Waals surface area (Å²) in [4.78, 5) is 27.7. The van der Waals surface area contributed by atoms with Gasteiger partial charge < -0.3 is 15.4 Å². The third kappa shape index (κ3) is 4.43. The first kappa shape index (κ1) is 16.8. The van der Waals surface area contributed by atoms with Crippen LogP contribution in [0.15, 0.2) is 36.5 Å². The van der Waals surface area contributed by atoms with Crippen molar-refractivity contribution in [2.24, 2.45) is 0 Å². The fourth-order valence-corrected chi connectivity index (χ4v) is 2.22. The summed E-state index contributed by atoms with van der Waals surface area (Å²) in [7, 11) is 3.05. The maximum Gasteiger partial charge on any atom is 0.269 e. The molecule has 0 aliphatic rings. The minimum Gasteiger partial charge on any atom is -0.496 e. The number of methoxy groups -OCH3 is 1. The van der Waals surface area contributed by atoms with Crippen molar-refractivity contribution in [2.75, 3.05) is 19.5 Å². The van der Waals surface area contributed by atoms with Gasteiger partial charge >= 0.3 is 0 Å².